The highest BCUT2D eigenvalue weighted by Crippen LogP contribution is 2.26. The van der Waals surface area contributed by atoms with Crippen LogP contribution >= 0.6 is 22.6 Å². The van der Waals surface area contributed by atoms with Gasteiger partial charge in [-0.25, -0.2) is 4.39 Å². The van der Waals surface area contributed by atoms with Gasteiger partial charge in [-0.15, -0.1) is 0 Å². The van der Waals surface area contributed by atoms with Crippen LogP contribution in [-0.4, -0.2) is 19.5 Å². The molecule has 0 aliphatic heterocycles. The van der Waals surface area contributed by atoms with Gasteiger partial charge in [-0.1, -0.05) is 34.7 Å². The third kappa shape index (κ3) is 5.07. The Balaban J connectivity index is 2.24. The maximum absolute atomic E-state index is 13.7. The van der Waals surface area contributed by atoms with Gasteiger partial charge in [0, 0.05) is 10.5 Å². The van der Waals surface area contributed by atoms with Crippen LogP contribution in [0.5, 0.6) is 11.5 Å². The van der Waals surface area contributed by atoms with E-state index in [1.165, 1.54) is 18.2 Å². The minimum Gasteiger partial charge on any atom is -0.493 e. The highest BCUT2D eigenvalue weighted by atomic mass is 127. The number of benzene rings is 2. The van der Waals surface area contributed by atoms with Crippen molar-refractivity contribution in [1.82, 2.24) is 0 Å². The van der Waals surface area contributed by atoms with Crippen LogP contribution in [0, 0.1) is 12.7 Å². The zero-order valence-electron chi connectivity index (χ0n) is 12.5. The first kappa shape index (κ1) is 18.0. The lowest BCUT2D eigenvalue weighted by Crippen LogP contribution is -2.11. The van der Waals surface area contributed by atoms with Gasteiger partial charge >= 0.3 is 10.1 Å². The van der Waals surface area contributed by atoms with E-state index in [0.717, 1.165) is 28.5 Å². The molecule has 0 heterocycles. The molecule has 0 fully saturated rings. The normalized spacial score (nSPS) is 11.3. The average Bonchev–Trinajstić information content (AvgIpc) is 2.46. The second-order valence-corrected chi connectivity index (χ2v) is 7.43. The van der Waals surface area contributed by atoms with E-state index in [0.29, 0.717) is 12.4 Å². The predicted molar refractivity (Wildman–Crippen MR) is 94.4 cm³/mol. The van der Waals surface area contributed by atoms with E-state index in [1.54, 1.807) is 19.1 Å². The first-order valence-corrected chi connectivity index (χ1v) is 9.85. The average molecular weight is 450 g/mol. The second-order valence-electron chi connectivity index (χ2n) is 4.84. The minimum atomic E-state index is -4.23. The molecule has 0 aliphatic rings. The summed E-state index contributed by atoms with van der Waals surface area (Å²) in [6, 6.07) is 9.93. The van der Waals surface area contributed by atoms with E-state index in [9.17, 15) is 12.8 Å². The number of rotatable bonds is 7. The van der Waals surface area contributed by atoms with Gasteiger partial charge in [0.05, 0.1) is 6.61 Å². The molecule has 0 atom stereocenters. The fraction of sp³-hybridized carbons (Fsp3) is 0.250. The molecule has 0 N–H and O–H groups in total. The number of ether oxygens (including phenoxy) is 1. The smallest absolute Gasteiger partial charge is 0.342 e. The van der Waals surface area contributed by atoms with Crippen LogP contribution in [0.2, 0.25) is 0 Å². The van der Waals surface area contributed by atoms with Crippen molar-refractivity contribution in [2.24, 2.45) is 0 Å². The Kier molecular flexibility index (Phi) is 6.23. The van der Waals surface area contributed by atoms with Gasteiger partial charge < -0.3 is 8.92 Å². The van der Waals surface area contributed by atoms with Crippen molar-refractivity contribution >= 4 is 32.7 Å². The van der Waals surface area contributed by atoms with E-state index >= 15 is 0 Å². The summed E-state index contributed by atoms with van der Waals surface area (Å²) in [5.41, 5.74) is 0.788. The monoisotopic (exact) mass is 450 g/mol. The standard InChI is InChI=1S/C16H16FIO4S/c1-12-9-13(21-8-4-7-18)11-14(10-12)22-23(19,20)16-6-3-2-5-15(16)17/h2-3,5-6,9-11H,4,7-8H2,1H3. The van der Waals surface area contributed by atoms with Gasteiger partial charge in [0.15, 0.2) is 0 Å². The number of hydrogen-bond donors (Lipinski definition) is 0. The summed E-state index contributed by atoms with van der Waals surface area (Å²) in [5.74, 6) is -0.231. The molecular weight excluding hydrogens is 434 g/mol. The van der Waals surface area contributed by atoms with Gasteiger partial charge in [0.2, 0.25) is 0 Å². The van der Waals surface area contributed by atoms with Crippen molar-refractivity contribution < 1.29 is 21.7 Å². The van der Waals surface area contributed by atoms with Gasteiger partial charge in [-0.3, -0.25) is 0 Å². The number of hydrogen-bond acceptors (Lipinski definition) is 4. The molecular formula is C16H16FIO4S. The summed E-state index contributed by atoms with van der Waals surface area (Å²) in [7, 11) is -4.23. The van der Waals surface area contributed by atoms with Crippen molar-refractivity contribution in [3.63, 3.8) is 0 Å². The zero-order valence-corrected chi connectivity index (χ0v) is 15.4. The first-order valence-electron chi connectivity index (χ1n) is 6.92. The number of halogens is 2. The Morgan fingerprint density at radius 3 is 2.52 bits per heavy atom. The van der Waals surface area contributed by atoms with E-state index in [2.05, 4.69) is 22.6 Å². The van der Waals surface area contributed by atoms with Crippen molar-refractivity contribution in [2.75, 3.05) is 11.0 Å². The summed E-state index contributed by atoms with van der Waals surface area (Å²) >= 11 is 2.25. The summed E-state index contributed by atoms with van der Waals surface area (Å²) in [5, 5.41) is 0. The van der Waals surface area contributed by atoms with Crippen LogP contribution in [0.3, 0.4) is 0 Å². The van der Waals surface area contributed by atoms with Crippen LogP contribution < -0.4 is 8.92 Å². The molecule has 0 aromatic heterocycles. The highest BCUT2D eigenvalue weighted by Gasteiger charge is 2.21. The van der Waals surface area contributed by atoms with Crippen molar-refractivity contribution in [3.05, 3.63) is 53.8 Å². The maximum Gasteiger partial charge on any atom is 0.342 e. The van der Waals surface area contributed by atoms with Gasteiger partial charge in [0.25, 0.3) is 0 Å². The molecule has 2 rings (SSSR count). The SMILES string of the molecule is Cc1cc(OCCCI)cc(OS(=O)(=O)c2ccccc2F)c1. The fourth-order valence-corrected chi connectivity index (χ4v) is 3.21. The van der Waals surface area contributed by atoms with Crippen LogP contribution in [0.25, 0.3) is 0 Å². The highest BCUT2D eigenvalue weighted by molar-refractivity contribution is 14.1. The molecule has 0 saturated heterocycles. The Bertz CT molecular complexity index is 777. The van der Waals surface area contributed by atoms with Crippen molar-refractivity contribution in [3.8, 4) is 11.5 Å². The zero-order chi connectivity index (χ0) is 16.9. The molecule has 2 aromatic carbocycles. The molecule has 0 saturated carbocycles. The summed E-state index contributed by atoms with van der Waals surface area (Å²) in [4.78, 5) is -0.492. The van der Waals surface area contributed by atoms with Crippen LogP contribution in [-0.2, 0) is 10.1 Å². The number of alkyl halides is 1. The van der Waals surface area contributed by atoms with E-state index < -0.39 is 20.8 Å². The van der Waals surface area contributed by atoms with Gasteiger partial charge in [-0.2, -0.15) is 8.42 Å². The molecule has 4 nitrogen and oxygen atoms in total. The summed E-state index contributed by atoms with van der Waals surface area (Å²) in [6.45, 7) is 2.33. The van der Waals surface area contributed by atoms with Gasteiger partial charge in [-0.05, 0) is 43.2 Å². The maximum atomic E-state index is 13.7. The Morgan fingerprint density at radius 1 is 1.13 bits per heavy atom. The lowest BCUT2D eigenvalue weighted by Gasteiger charge is -2.11. The minimum absolute atomic E-state index is 0.0951. The largest absolute Gasteiger partial charge is 0.493 e. The molecule has 2 aromatic rings. The quantitative estimate of drug-likeness (QED) is 0.276. The van der Waals surface area contributed by atoms with E-state index in [-0.39, 0.29) is 5.75 Å². The first-order chi connectivity index (χ1) is 10.9. The summed E-state index contributed by atoms with van der Waals surface area (Å²) in [6.07, 6.45) is 0.887. The fourth-order valence-electron chi connectivity index (χ4n) is 1.91. The van der Waals surface area contributed by atoms with E-state index in [1.807, 2.05) is 0 Å². The lowest BCUT2D eigenvalue weighted by atomic mass is 10.2. The van der Waals surface area contributed by atoms with Crippen molar-refractivity contribution in [1.29, 1.82) is 0 Å². The Labute approximate surface area is 148 Å². The van der Waals surface area contributed by atoms with Gasteiger partial charge in [0.1, 0.15) is 22.2 Å². The second kappa shape index (κ2) is 7.96. The van der Waals surface area contributed by atoms with Crippen LogP contribution in [0.15, 0.2) is 47.4 Å². The van der Waals surface area contributed by atoms with Crippen LogP contribution in [0.1, 0.15) is 12.0 Å². The summed E-state index contributed by atoms with van der Waals surface area (Å²) < 4.78 is 49.6. The predicted octanol–water partition coefficient (Wildman–Crippen LogP) is 4.11. The molecule has 7 heteroatoms. The molecule has 23 heavy (non-hydrogen) atoms. The van der Waals surface area contributed by atoms with E-state index in [4.69, 9.17) is 8.92 Å². The molecule has 0 radical (unpaired) electrons. The Hall–Kier alpha value is -1.35. The van der Waals surface area contributed by atoms with Crippen molar-refractivity contribution in [2.45, 2.75) is 18.2 Å². The third-order valence-corrected chi connectivity index (χ3v) is 4.93. The molecule has 0 amide bonds. The molecule has 0 aliphatic carbocycles. The molecule has 0 bridgehead atoms. The topological polar surface area (TPSA) is 52.6 Å². The third-order valence-electron chi connectivity index (χ3n) is 2.88. The number of aryl methyl sites for hydroxylation is 1. The lowest BCUT2D eigenvalue weighted by molar-refractivity contribution is 0.318. The Morgan fingerprint density at radius 2 is 1.83 bits per heavy atom. The van der Waals surface area contributed by atoms with Crippen LogP contribution in [0.4, 0.5) is 4.39 Å². The molecule has 0 spiro atoms. The molecule has 124 valence electrons. The molecule has 0 unspecified atom stereocenters.